The third-order valence-corrected chi connectivity index (χ3v) is 6.01. The summed E-state index contributed by atoms with van der Waals surface area (Å²) in [6.45, 7) is 10.3. The molecular weight excluding hydrogens is 350 g/mol. The van der Waals surface area contributed by atoms with Gasteiger partial charge in [0.2, 0.25) is 0 Å². The molecule has 3 nitrogen and oxygen atoms in total. The number of hydrogen-bond acceptors (Lipinski definition) is 3. The second-order valence-electron chi connectivity index (χ2n) is 7.23. The Labute approximate surface area is 163 Å². The van der Waals surface area contributed by atoms with E-state index in [4.69, 9.17) is 5.84 Å². The summed E-state index contributed by atoms with van der Waals surface area (Å²) in [6.07, 6.45) is 0. The fourth-order valence-electron chi connectivity index (χ4n) is 3.23. The van der Waals surface area contributed by atoms with Crippen LogP contribution in [0.25, 0.3) is 37.5 Å². The first-order chi connectivity index (χ1) is 12.9. The lowest BCUT2D eigenvalue weighted by molar-refractivity contribution is 0.867. The maximum absolute atomic E-state index is 6.22. The van der Waals surface area contributed by atoms with E-state index in [2.05, 4.69) is 73.9 Å². The van der Waals surface area contributed by atoms with Crippen molar-refractivity contribution in [3.8, 4) is 20.9 Å². The molecule has 4 rings (SSSR count). The number of nitrogen functional groups attached to an aromatic ring is 1. The molecule has 0 amide bonds. The highest BCUT2D eigenvalue weighted by Crippen LogP contribution is 2.36. The van der Waals surface area contributed by atoms with Crippen molar-refractivity contribution in [1.82, 2.24) is 9.66 Å². The van der Waals surface area contributed by atoms with Crippen LogP contribution in [0.2, 0.25) is 0 Å². The first kappa shape index (κ1) is 17.6. The lowest BCUT2D eigenvalue weighted by Crippen LogP contribution is -2.11. The number of fused-ring (bicyclic) bond motifs is 1. The van der Waals surface area contributed by atoms with Gasteiger partial charge in [-0.15, -0.1) is 11.3 Å². The quantitative estimate of drug-likeness (QED) is 0.426. The van der Waals surface area contributed by atoms with E-state index in [1.807, 2.05) is 13.0 Å². The van der Waals surface area contributed by atoms with Crippen LogP contribution in [-0.4, -0.2) is 9.66 Å². The molecule has 0 fully saturated rings. The van der Waals surface area contributed by atoms with Gasteiger partial charge >= 0.3 is 0 Å². The molecule has 0 aliphatic rings. The summed E-state index contributed by atoms with van der Waals surface area (Å²) in [5, 5.41) is 0. The monoisotopic (exact) mass is 373 g/mol. The fourth-order valence-corrected chi connectivity index (χ4v) is 4.24. The zero-order chi connectivity index (χ0) is 19.1. The van der Waals surface area contributed by atoms with Gasteiger partial charge < -0.3 is 5.84 Å². The van der Waals surface area contributed by atoms with Gasteiger partial charge in [-0.2, -0.15) is 0 Å². The van der Waals surface area contributed by atoms with Gasteiger partial charge in [-0.25, -0.2) is 9.66 Å². The Balaban J connectivity index is 1.70. The van der Waals surface area contributed by atoms with Crippen LogP contribution in [0.4, 0.5) is 0 Å². The molecule has 27 heavy (non-hydrogen) atoms. The van der Waals surface area contributed by atoms with Crippen LogP contribution in [0.15, 0.2) is 61.2 Å². The molecule has 136 valence electrons. The number of aromatic nitrogens is 2. The summed E-state index contributed by atoms with van der Waals surface area (Å²) in [4.78, 5) is 7.05. The first-order valence-corrected chi connectivity index (χ1v) is 9.89. The van der Waals surface area contributed by atoms with Gasteiger partial charge in [0.15, 0.2) is 5.82 Å². The molecule has 0 aliphatic heterocycles. The van der Waals surface area contributed by atoms with E-state index in [9.17, 15) is 0 Å². The van der Waals surface area contributed by atoms with E-state index in [-0.39, 0.29) is 0 Å². The molecule has 0 radical (unpaired) electrons. The minimum absolute atomic E-state index is 0.551. The molecule has 4 heteroatoms. The zero-order valence-electron chi connectivity index (χ0n) is 15.9. The first-order valence-electron chi connectivity index (χ1n) is 9.08. The van der Waals surface area contributed by atoms with Gasteiger partial charge in [0.25, 0.3) is 0 Å². The minimum Gasteiger partial charge on any atom is -0.337 e. The molecule has 2 aromatic heterocycles. The highest BCUT2D eigenvalue weighted by atomic mass is 32.1. The van der Waals surface area contributed by atoms with E-state index in [0.29, 0.717) is 5.92 Å². The van der Waals surface area contributed by atoms with Crippen molar-refractivity contribution in [2.24, 2.45) is 0 Å². The molecule has 2 aromatic carbocycles. The van der Waals surface area contributed by atoms with Crippen molar-refractivity contribution in [1.29, 1.82) is 0 Å². The van der Waals surface area contributed by atoms with E-state index in [1.54, 1.807) is 16.0 Å². The number of hydrogen-bond donors (Lipinski definition) is 1. The third kappa shape index (κ3) is 3.17. The summed E-state index contributed by atoms with van der Waals surface area (Å²) in [7, 11) is 0. The van der Waals surface area contributed by atoms with Gasteiger partial charge in [0.1, 0.15) is 0 Å². The number of allylic oxidation sites excluding steroid dienone is 1. The molecule has 2 heterocycles. The molecule has 0 aliphatic carbocycles. The third-order valence-electron chi connectivity index (χ3n) is 4.82. The summed E-state index contributed by atoms with van der Waals surface area (Å²) in [5.41, 5.74) is 6.44. The Bertz CT molecular complexity index is 1130. The summed E-state index contributed by atoms with van der Waals surface area (Å²) in [5.74, 6) is 7.49. The predicted octanol–water partition coefficient (Wildman–Crippen LogP) is 6.30. The Morgan fingerprint density at radius 2 is 1.63 bits per heavy atom. The molecule has 0 bridgehead atoms. The van der Waals surface area contributed by atoms with Crippen molar-refractivity contribution in [2.45, 2.75) is 26.7 Å². The fraction of sp³-hybridized carbons (Fsp3) is 0.174. The van der Waals surface area contributed by atoms with Crippen LogP contribution in [0, 0.1) is 0 Å². The topological polar surface area (TPSA) is 43.8 Å². The largest absolute Gasteiger partial charge is 0.337 e. The number of benzene rings is 2. The SMILES string of the molecule is C=C(C)c1nc2ccc(-c3ccc(-c4ccc(C(C)C)cc4)s3)cc2n1N. The Morgan fingerprint density at radius 3 is 2.26 bits per heavy atom. The van der Waals surface area contributed by atoms with Crippen LogP contribution < -0.4 is 5.84 Å². The number of rotatable bonds is 4. The maximum Gasteiger partial charge on any atom is 0.154 e. The van der Waals surface area contributed by atoms with Crippen LogP contribution in [0.5, 0.6) is 0 Å². The van der Waals surface area contributed by atoms with Gasteiger partial charge in [0.05, 0.1) is 11.0 Å². The lowest BCUT2D eigenvalue weighted by Gasteiger charge is -2.05. The summed E-state index contributed by atoms with van der Waals surface area (Å²) < 4.78 is 1.63. The minimum atomic E-state index is 0.551. The normalized spacial score (nSPS) is 11.4. The standard InChI is InChI=1S/C23H23N3S/c1-14(2)16-5-7-17(8-6-16)21-11-12-22(27-21)18-9-10-19-20(13-18)26(24)23(25-19)15(3)4/h5-14H,3,24H2,1-2,4H3. The van der Waals surface area contributed by atoms with E-state index >= 15 is 0 Å². The summed E-state index contributed by atoms with van der Waals surface area (Å²) in [6, 6.07) is 19.5. The number of imidazole rings is 1. The van der Waals surface area contributed by atoms with Crippen LogP contribution in [-0.2, 0) is 0 Å². The number of thiophene rings is 1. The molecular formula is C23H23N3S. The van der Waals surface area contributed by atoms with Crippen LogP contribution in [0.3, 0.4) is 0 Å². The van der Waals surface area contributed by atoms with Crippen molar-refractivity contribution in [3.05, 3.63) is 72.6 Å². The van der Waals surface area contributed by atoms with Gasteiger partial charge in [-0.1, -0.05) is 50.8 Å². The predicted molar refractivity (Wildman–Crippen MR) is 117 cm³/mol. The smallest absolute Gasteiger partial charge is 0.154 e. The van der Waals surface area contributed by atoms with Crippen LogP contribution >= 0.6 is 11.3 Å². The maximum atomic E-state index is 6.22. The molecule has 0 unspecified atom stereocenters. The number of nitrogens with zero attached hydrogens (tertiary/aromatic N) is 2. The lowest BCUT2D eigenvalue weighted by atomic mass is 10.0. The number of nitrogens with two attached hydrogens (primary N) is 1. The Hall–Kier alpha value is -2.85. The highest BCUT2D eigenvalue weighted by molar-refractivity contribution is 7.18. The zero-order valence-corrected chi connectivity index (χ0v) is 16.7. The Kier molecular flexibility index (Phi) is 4.36. The van der Waals surface area contributed by atoms with E-state index < -0.39 is 0 Å². The molecule has 2 N–H and O–H groups in total. The molecule has 0 spiro atoms. The average molecular weight is 374 g/mol. The average Bonchev–Trinajstić information content (AvgIpc) is 3.27. The molecule has 0 saturated heterocycles. The van der Waals surface area contributed by atoms with Crippen molar-refractivity contribution < 1.29 is 0 Å². The van der Waals surface area contributed by atoms with Crippen LogP contribution in [0.1, 0.15) is 38.1 Å². The van der Waals surface area contributed by atoms with Crippen molar-refractivity contribution in [2.75, 3.05) is 5.84 Å². The molecule has 0 atom stereocenters. The molecule has 4 aromatic rings. The van der Waals surface area contributed by atoms with Crippen molar-refractivity contribution >= 4 is 27.9 Å². The summed E-state index contributed by atoms with van der Waals surface area (Å²) >= 11 is 1.79. The second-order valence-corrected chi connectivity index (χ2v) is 8.31. The van der Waals surface area contributed by atoms with Gasteiger partial charge in [0, 0.05) is 9.75 Å². The van der Waals surface area contributed by atoms with Crippen molar-refractivity contribution in [3.63, 3.8) is 0 Å². The van der Waals surface area contributed by atoms with Gasteiger partial charge in [-0.05, 0) is 59.4 Å². The van der Waals surface area contributed by atoms with Gasteiger partial charge in [-0.3, -0.25) is 0 Å². The van der Waals surface area contributed by atoms with E-state index in [0.717, 1.165) is 28.0 Å². The highest BCUT2D eigenvalue weighted by Gasteiger charge is 2.12. The van der Waals surface area contributed by atoms with E-state index in [1.165, 1.54) is 20.9 Å². The Morgan fingerprint density at radius 1 is 1.00 bits per heavy atom. The second kappa shape index (κ2) is 6.71. The molecule has 0 saturated carbocycles.